The average molecular weight is 397 g/mol. The van der Waals surface area contributed by atoms with Gasteiger partial charge in [-0.05, 0) is 56.3 Å². The van der Waals surface area contributed by atoms with E-state index in [4.69, 9.17) is 9.47 Å². The smallest absolute Gasteiger partial charge is 0.128 e. The van der Waals surface area contributed by atoms with Crippen LogP contribution in [0.1, 0.15) is 18.4 Å². The number of benzene rings is 1. The number of rotatable bonds is 7. The topological polar surface area (TPSA) is 41.1 Å². The third-order valence-electron chi connectivity index (χ3n) is 5.87. The Morgan fingerprint density at radius 3 is 2.55 bits per heavy atom. The molecule has 29 heavy (non-hydrogen) atoms. The van der Waals surface area contributed by atoms with E-state index in [-0.39, 0.29) is 0 Å². The molecule has 3 heterocycles. The van der Waals surface area contributed by atoms with Gasteiger partial charge in [0.1, 0.15) is 23.9 Å². The van der Waals surface area contributed by atoms with Gasteiger partial charge < -0.3 is 14.4 Å². The van der Waals surface area contributed by atoms with Gasteiger partial charge in [-0.15, -0.1) is 0 Å². The van der Waals surface area contributed by atoms with E-state index in [1.54, 1.807) is 7.11 Å². The number of pyridine rings is 1. The van der Waals surface area contributed by atoms with Gasteiger partial charge in [-0.1, -0.05) is 6.07 Å². The van der Waals surface area contributed by atoms with Gasteiger partial charge in [0.15, 0.2) is 0 Å². The summed E-state index contributed by atoms with van der Waals surface area (Å²) in [5, 5.41) is 0. The highest BCUT2D eigenvalue weighted by atomic mass is 16.5. The molecule has 1 aromatic carbocycles. The van der Waals surface area contributed by atoms with Gasteiger partial charge in [0.2, 0.25) is 0 Å². The van der Waals surface area contributed by atoms with Crippen molar-refractivity contribution in [2.75, 3.05) is 64.4 Å². The lowest BCUT2D eigenvalue weighted by molar-refractivity contribution is 0.211. The SMILES string of the molecule is COc1ccc2c(c1)CN(CCCCN1CCN(c3ccccn3)CC1)CCO2. The molecule has 0 aliphatic carbocycles. The maximum absolute atomic E-state index is 5.91. The van der Waals surface area contributed by atoms with Crippen LogP contribution in [0.5, 0.6) is 11.5 Å². The molecule has 4 rings (SSSR count). The number of hydrogen-bond acceptors (Lipinski definition) is 6. The predicted octanol–water partition coefficient (Wildman–Crippen LogP) is 2.89. The molecule has 0 unspecified atom stereocenters. The minimum absolute atomic E-state index is 0.759. The largest absolute Gasteiger partial charge is 0.497 e. The lowest BCUT2D eigenvalue weighted by Gasteiger charge is -2.35. The van der Waals surface area contributed by atoms with Gasteiger partial charge in [0, 0.05) is 51.0 Å². The molecule has 6 heteroatoms. The number of aromatic nitrogens is 1. The molecular weight excluding hydrogens is 364 g/mol. The predicted molar refractivity (Wildman–Crippen MR) is 116 cm³/mol. The minimum atomic E-state index is 0.759. The Bertz CT molecular complexity index is 763. The van der Waals surface area contributed by atoms with Crippen LogP contribution in [0.15, 0.2) is 42.6 Å². The van der Waals surface area contributed by atoms with Crippen molar-refractivity contribution in [3.8, 4) is 11.5 Å². The number of unbranched alkanes of at least 4 members (excludes halogenated alkanes) is 1. The highest BCUT2D eigenvalue weighted by Gasteiger charge is 2.18. The molecule has 6 nitrogen and oxygen atoms in total. The second-order valence-electron chi connectivity index (χ2n) is 7.82. The van der Waals surface area contributed by atoms with E-state index in [2.05, 4.69) is 37.9 Å². The summed E-state index contributed by atoms with van der Waals surface area (Å²) in [6.07, 6.45) is 4.34. The summed E-state index contributed by atoms with van der Waals surface area (Å²) in [6.45, 7) is 9.38. The van der Waals surface area contributed by atoms with Crippen LogP contribution < -0.4 is 14.4 Å². The molecule has 156 valence electrons. The van der Waals surface area contributed by atoms with Crippen molar-refractivity contribution in [2.45, 2.75) is 19.4 Å². The first-order chi connectivity index (χ1) is 14.3. The summed E-state index contributed by atoms with van der Waals surface area (Å²) in [7, 11) is 1.72. The molecule has 1 saturated heterocycles. The van der Waals surface area contributed by atoms with Crippen molar-refractivity contribution in [1.82, 2.24) is 14.8 Å². The summed E-state index contributed by atoms with van der Waals surface area (Å²) in [4.78, 5) is 12.0. The van der Waals surface area contributed by atoms with Gasteiger partial charge in [-0.2, -0.15) is 0 Å². The Hall–Kier alpha value is -2.31. The number of nitrogens with zero attached hydrogens (tertiary/aromatic N) is 4. The Morgan fingerprint density at radius 2 is 1.79 bits per heavy atom. The fourth-order valence-corrected chi connectivity index (χ4v) is 4.15. The van der Waals surface area contributed by atoms with Crippen LogP contribution in [-0.2, 0) is 6.54 Å². The lowest BCUT2D eigenvalue weighted by atomic mass is 10.1. The van der Waals surface area contributed by atoms with E-state index < -0.39 is 0 Å². The highest BCUT2D eigenvalue weighted by molar-refractivity contribution is 5.41. The number of ether oxygens (including phenoxy) is 2. The fraction of sp³-hybridized carbons (Fsp3) is 0.522. The normalized spacial score (nSPS) is 18.0. The molecular formula is C23H32N4O2. The Balaban J connectivity index is 1.17. The average Bonchev–Trinajstić information content (AvgIpc) is 2.99. The van der Waals surface area contributed by atoms with E-state index in [9.17, 15) is 0 Å². The van der Waals surface area contributed by atoms with Crippen molar-refractivity contribution in [3.63, 3.8) is 0 Å². The minimum Gasteiger partial charge on any atom is -0.497 e. The Kier molecular flexibility index (Phi) is 6.85. The maximum Gasteiger partial charge on any atom is 0.128 e. The summed E-state index contributed by atoms with van der Waals surface area (Å²) in [5.41, 5.74) is 1.23. The molecule has 2 aliphatic rings. The van der Waals surface area contributed by atoms with Crippen molar-refractivity contribution in [1.29, 1.82) is 0 Å². The molecule has 0 spiro atoms. The standard InChI is InChI=1S/C23H32N4O2/c1-28-21-7-8-22-20(18-21)19-26(16-17-29-22)11-5-4-10-25-12-14-27(15-13-25)23-6-2-3-9-24-23/h2-3,6-9,18H,4-5,10-17,19H2,1H3. The number of methoxy groups -OCH3 is 1. The van der Waals surface area contributed by atoms with Crippen LogP contribution in [0.2, 0.25) is 0 Å². The number of piperazine rings is 1. The van der Waals surface area contributed by atoms with E-state index >= 15 is 0 Å². The van der Waals surface area contributed by atoms with Crippen molar-refractivity contribution >= 4 is 5.82 Å². The third-order valence-corrected chi connectivity index (χ3v) is 5.87. The second-order valence-corrected chi connectivity index (χ2v) is 7.82. The molecule has 0 N–H and O–H groups in total. The van der Waals surface area contributed by atoms with Gasteiger partial charge in [0.05, 0.1) is 7.11 Å². The van der Waals surface area contributed by atoms with Crippen molar-refractivity contribution < 1.29 is 9.47 Å². The molecule has 2 aliphatic heterocycles. The molecule has 0 amide bonds. The summed E-state index contributed by atoms with van der Waals surface area (Å²) < 4.78 is 11.3. The molecule has 1 fully saturated rings. The first-order valence-corrected chi connectivity index (χ1v) is 10.7. The zero-order valence-electron chi connectivity index (χ0n) is 17.4. The highest BCUT2D eigenvalue weighted by Crippen LogP contribution is 2.27. The lowest BCUT2D eigenvalue weighted by Crippen LogP contribution is -2.47. The van der Waals surface area contributed by atoms with Crippen molar-refractivity contribution in [3.05, 3.63) is 48.2 Å². The zero-order valence-corrected chi connectivity index (χ0v) is 17.4. The molecule has 0 bridgehead atoms. The van der Waals surface area contributed by atoms with Crippen LogP contribution in [0.3, 0.4) is 0 Å². The van der Waals surface area contributed by atoms with E-state index in [1.807, 2.05) is 24.4 Å². The number of fused-ring (bicyclic) bond motifs is 1. The maximum atomic E-state index is 5.91. The van der Waals surface area contributed by atoms with Crippen molar-refractivity contribution in [2.24, 2.45) is 0 Å². The van der Waals surface area contributed by atoms with Gasteiger partial charge >= 0.3 is 0 Å². The molecule has 0 atom stereocenters. The van der Waals surface area contributed by atoms with Gasteiger partial charge in [-0.25, -0.2) is 4.98 Å². The van der Waals surface area contributed by atoms with Gasteiger partial charge in [-0.3, -0.25) is 9.80 Å². The second kappa shape index (κ2) is 9.94. The Morgan fingerprint density at radius 1 is 0.966 bits per heavy atom. The molecule has 1 aromatic heterocycles. The third kappa shape index (κ3) is 5.40. The summed E-state index contributed by atoms with van der Waals surface area (Å²) >= 11 is 0. The molecule has 2 aromatic rings. The van der Waals surface area contributed by atoms with Crippen LogP contribution in [0.4, 0.5) is 5.82 Å². The van der Waals surface area contributed by atoms with Crippen LogP contribution >= 0.6 is 0 Å². The van der Waals surface area contributed by atoms with E-state index in [0.717, 1.165) is 69.7 Å². The van der Waals surface area contributed by atoms with Gasteiger partial charge in [0.25, 0.3) is 0 Å². The van der Waals surface area contributed by atoms with Crippen LogP contribution in [0, 0.1) is 0 Å². The van der Waals surface area contributed by atoms with E-state index in [1.165, 1.54) is 24.9 Å². The number of hydrogen-bond donors (Lipinski definition) is 0. The summed E-state index contributed by atoms with van der Waals surface area (Å²) in [6, 6.07) is 12.3. The van der Waals surface area contributed by atoms with E-state index in [0.29, 0.717) is 0 Å². The zero-order chi connectivity index (χ0) is 19.9. The number of anilines is 1. The molecule has 0 radical (unpaired) electrons. The first kappa shape index (κ1) is 20.0. The monoisotopic (exact) mass is 396 g/mol. The van der Waals surface area contributed by atoms with Crippen LogP contribution in [-0.4, -0.2) is 74.3 Å². The Labute approximate surface area is 174 Å². The summed E-state index contributed by atoms with van der Waals surface area (Å²) in [5.74, 6) is 3.01. The first-order valence-electron chi connectivity index (χ1n) is 10.7. The fourth-order valence-electron chi connectivity index (χ4n) is 4.15. The molecule has 0 saturated carbocycles. The quantitative estimate of drug-likeness (QED) is 0.671. The van der Waals surface area contributed by atoms with Crippen LogP contribution in [0.25, 0.3) is 0 Å².